The molecule has 1 aromatic heterocycles. The number of ether oxygens (including phenoxy) is 1. The average Bonchev–Trinajstić information content (AvgIpc) is 3.03. The van der Waals surface area contributed by atoms with E-state index in [0.717, 1.165) is 12.1 Å². The zero-order valence-electron chi connectivity index (χ0n) is 12.4. The SMILES string of the molecule is OC(O)c1cccc(-c2noc(-c3cccc(OC(F)(F)F)c3)n2)c1. The van der Waals surface area contributed by atoms with Gasteiger partial charge in [0.15, 0.2) is 6.29 Å². The van der Waals surface area contributed by atoms with E-state index in [1.54, 1.807) is 12.1 Å². The van der Waals surface area contributed by atoms with Crippen LogP contribution in [-0.4, -0.2) is 26.7 Å². The highest BCUT2D eigenvalue weighted by Gasteiger charge is 2.31. The summed E-state index contributed by atoms with van der Waals surface area (Å²) in [6.45, 7) is 0. The minimum atomic E-state index is -4.80. The summed E-state index contributed by atoms with van der Waals surface area (Å²) < 4.78 is 45.8. The van der Waals surface area contributed by atoms with Gasteiger partial charge in [-0.2, -0.15) is 4.98 Å². The van der Waals surface area contributed by atoms with Crippen molar-refractivity contribution in [3.8, 4) is 28.6 Å². The summed E-state index contributed by atoms with van der Waals surface area (Å²) in [6.07, 6.45) is -6.45. The predicted octanol–water partition coefficient (Wildman–Crippen LogP) is 3.29. The summed E-state index contributed by atoms with van der Waals surface area (Å²) in [5.74, 6) is -0.257. The second kappa shape index (κ2) is 6.54. The molecule has 2 N–H and O–H groups in total. The number of aliphatic hydroxyl groups excluding tert-OH is 1. The lowest BCUT2D eigenvalue weighted by atomic mass is 10.1. The van der Waals surface area contributed by atoms with E-state index < -0.39 is 18.4 Å². The highest BCUT2D eigenvalue weighted by molar-refractivity contribution is 5.61. The fourth-order valence-corrected chi connectivity index (χ4v) is 2.12. The quantitative estimate of drug-likeness (QED) is 0.701. The van der Waals surface area contributed by atoms with Crippen LogP contribution in [0.5, 0.6) is 5.75 Å². The average molecular weight is 352 g/mol. The molecule has 0 atom stereocenters. The number of hydrogen-bond donors (Lipinski definition) is 2. The Bertz CT molecular complexity index is 878. The Labute approximate surface area is 139 Å². The molecular weight excluding hydrogens is 341 g/mol. The van der Waals surface area contributed by atoms with Crippen molar-refractivity contribution in [3.63, 3.8) is 0 Å². The van der Waals surface area contributed by atoms with E-state index in [1.807, 2.05) is 0 Å². The third-order valence-corrected chi connectivity index (χ3v) is 3.18. The van der Waals surface area contributed by atoms with Gasteiger partial charge in [-0.05, 0) is 24.3 Å². The molecule has 9 heteroatoms. The Morgan fingerprint density at radius 1 is 1.00 bits per heavy atom. The van der Waals surface area contributed by atoms with Crippen LogP contribution in [-0.2, 0) is 0 Å². The van der Waals surface area contributed by atoms with Crippen LogP contribution in [0.1, 0.15) is 11.9 Å². The Morgan fingerprint density at radius 2 is 1.72 bits per heavy atom. The molecular formula is C16H11F3N2O4. The smallest absolute Gasteiger partial charge is 0.406 e. The molecule has 0 aliphatic rings. The van der Waals surface area contributed by atoms with E-state index in [4.69, 9.17) is 4.52 Å². The van der Waals surface area contributed by atoms with Crippen molar-refractivity contribution in [2.75, 3.05) is 0 Å². The van der Waals surface area contributed by atoms with Gasteiger partial charge in [0.2, 0.25) is 5.82 Å². The molecule has 0 unspecified atom stereocenters. The minimum absolute atomic E-state index is 0.00225. The van der Waals surface area contributed by atoms with Crippen LogP contribution < -0.4 is 4.74 Å². The number of benzene rings is 2. The van der Waals surface area contributed by atoms with Crippen LogP contribution in [0.25, 0.3) is 22.8 Å². The van der Waals surface area contributed by atoms with Gasteiger partial charge in [-0.1, -0.05) is 29.4 Å². The zero-order valence-corrected chi connectivity index (χ0v) is 12.4. The van der Waals surface area contributed by atoms with Crippen LogP contribution in [0.2, 0.25) is 0 Å². The molecule has 0 spiro atoms. The Kier molecular flexibility index (Phi) is 4.43. The Hall–Kier alpha value is -2.91. The minimum Gasteiger partial charge on any atom is -0.406 e. The van der Waals surface area contributed by atoms with E-state index in [1.165, 1.54) is 24.3 Å². The molecule has 0 bridgehead atoms. The van der Waals surface area contributed by atoms with Gasteiger partial charge in [0.25, 0.3) is 5.89 Å². The zero-order chi connectivity index (χ0) is 18.0. The maximum atomic E-state index is 12.3. The first-order valence-electron chi connectivity index (χ1n) is 6.98. The molecule has 0 amide bonds. The number of nitrogens with zero attached hydrogens (tertiary/aromatic N) is 2. The summed E-state index contributed by atoms with van der Waals surface area (Å²) in [5.41, 5.74) is 0.951. The lowest BCUT2D eigenvalue weighted by molar-refractivity contribution is -0.274. The summed E-state index contributed by atoms with van der Waals surface area (Å²) in [7, 11) is 0. The Morgan fingerprint density at radius 3 is 2.44 bits per heavy atom. The molecule has 0 fully saturated rings. The van der Waals surface area contributed by atoms with E-state index in [9.17, 15) is 23.4 Å². The van der Waals surface area contributed by atoms with Crippen LogP contribution >= 0.6 is 0 Å². The second-order valence-corrected chi connectivity index (χ2v) is 5.00. The summed E-state index contributed by atoms with van der Waals surface area (Å²) in [6, 6.07) is 11.3. The molecule has 3 aromatic rings. The number of aliphatic hydroxyl groups is 2. The van der Waals surface area contributed by atoms with E-state index in [2.05, 4.69) is 14.9 Å². The van der Waals surface area contributed by atoms with E-state index in [-0.39, 0.29) is 22.8 Å². The molecule has 0 radical (unpaired) electrons. The molecule has 0 saturated carbocycles. The molecule has 25 heavy (non-hydrogen) atoms. The second-order valence-electron chi connectivity index (χ2n) is 5.00. The van der Waals surface area contributed by atoms with Crippen molar-refractivity contribution in [2.24, 2.45) is 0 Å². The van der Waals surface area contributed by atoms with Crippen molar-refractivity contribution >= 4 is 0 Å². The topological polar surface area (TPSA) is 88.6 Å². The fraction of sp³-hybridized carbons (Fsp3) is 0.125. The largest absolute Gasteiger partial charge is 0.573 e. The Balaban J connectivity index is 1.89. The van der Waals surface area contributed by atoms with Gasteiger partial charge in [0.1, 0.15) is 5.75 Å². The monoisotopic (exact) mass is 352 g/mol. The molecule has 6 nitrogen and oxygen atoms in total. The van der Waals surface area contributed by atoms with E-state index in [0.29, 0.717) is 5.56 Å². The molecule has 1 heterocycles. The first kappa shape index (κ1) is 16.9. The number of halogens is 3. The van der Waals surface area contributed by atoms with Crippen LogP contribution in [0, 0.1) is 0 Å². The molecule has 0 aliphatic heterocycles. The predicted molar refractivity (Wildman–Crippen MR) is 79.0 cm³/mol. The van der Waals surface area contributed by atoms with Crippen molar-refractivity contribution in [1.29, 1.82) is 0 Å². The van der Waals surface area contributed by atoms with Crippen LogP contribution in [0.4, 0.5) is 13.2 Å². The number of rotatable bonds is 4. The van der Waals surface area contributed by atoms with Gasteiger partial charge in [0, 0.05) is 16.7 Å². The molecule has 0 saturated heterocycles. The lowest BCUT2D eigenvalue weighted by Gasteiger charge is -2.08. The lowest BCUT2D eigenvalue weighted by Crippen LogP contribution is -2.17. The third-order valence-electron chi connectivity index (χ3n) is 3.18. The highest BCUT2D eigenvalue weighted by atomic mass is 19.4. The maximum absolute atomic E-state index is 12.3. The van der Waals surface area contributed by atoms with Crippen LogP contribution in [0.3, 0.4) is 0 Å². The number of alkyl halides is 3. The number of aromatic nitrogens is 2. The van der Waals surface area contributed by atoms with Crippen molar-refractivity contribution in [2.45, 2.75) is 12.7 Å². The molecule has 3 rings (SSSR count). The van der Waals surface area contributed by atoms with Crippen molar-refractivity contribution in [1.82, 2.24) is 10.1 Å². The maximum Gasteiger partial charge on any atom is 0.573 e. The van der Waals surface area contributed by atoms with Gasteiger partial charge in [0.05, 0.1) is 0 Å². The van der Waals surface area contributed by atoms with Crippen molar-refractivity contribution in [3.05, 3.63) is 54.1 Å². The van der Waals surface area contributed by atoms with Gasteiger partial charge in [-0.25, -0.2) is 0 Å². The van der Waals surface area contributed by atoms with E-state index >= 15 is 0 Å². The normalized spacial score (nSPS) is 11.8. The third kappa shape index (κ3) is 4.14. The van der Waals surface area contributed by atoms with Gasteiger partial charge >= 0.3 is 6.36 Å². The first-order valence-corrected chi connectivity index (χ1v) is 6.98. The van der Waals surface area contributed by atoms with Gasteiger partial charge in [-0.3, -0.25) is 0 Å². The summed E-state index contributed by atoms with van der Waals surface area (Å²) >= 11 is 0. The number of hydrogen-bond acceptors (Lipinski definition) is 6. The summed E-state index contributed by atoms with van der Waals surface area (Å²) in [5, 5.41) is 22.1. The van der Waals surface area contributed by atoms with Gasteiger partial charge in [-0.15, -0.1) is 13.2 Å². The molecule has 0 aliphatic carbocycles. The molecule has 130 valence electrons. The summed E-state index contributed by atoms with van der Waals surface area (Å²) in [4.78, 5) is 4.11. The van der Waals surface area contributed by atoms with Crippen LogP contribution in [0.15, 0.2) is 53.1 Å². The first-order chi connectivity index (χ1) is 11.8. The van der Waals surface area contributed by atoms with Gasteiger partial charge < -0.3 is 19.5 Å². The highest BCUT2D eigenvalue weighted by Crippen LogP contribution is 2.28. The molecule has 2 aromatic carbocycles. The van der Waals surface area contributed by atoms with Crippen molar-refractivity contribution < 1.29 is 32.6 Å². The fourth-order valence-electron chi connectivity index (χ4n) is 2.12. The standard InChI is InChI=1S/C16H11F3N2O4/c17-16(18,19)24-12-6-2-4-10(8-12)14-20-13(21-25-14)9-3-1-5-11(7-9)15(22)23/h1-8,15,22-23H.